The van der Waals surface area contributed by atoms with E-state index in [1.54, 1.807) is 18.2 Å². The fourth-order valence-corrected chi connectivity index (χ4v) is 2.61. The molecule has 1 aromatic rings. The van der Waals surface area contributed by atoms with Gasteiger partial charge in [-0.3, -0.25) is 4.18 Å². The van der Waals surface area contributed by atoms with Crippen molar-refractivity contribution in [3.63, 3.8) is 0 Å². The van der Waals surface area contributed by atoms with E-state index in [0.717, 1.165) is 13.0 Å². The van der Waals surface area contributed by atoms with Crippen LogP contribution in [0.2, 0.25) is 0 Å². The molecule has 0 N–H and O–H groups in total. The predicted octanol–water partition coefficient (Wildman–Crippen LogP) is 2.49. The molecule has 0 fully saturated rings. The highest BCUT2D eigenvalue weighted by Gasteiger charge is 2.13. The van der Waals surface area contributed by atoms with E-state index in [2.05, 4.69) is 13.8 Å². The molecule has 0 saturated heterocycles. The van der Waals surface area contributed by atoms with Crippen LogP contribution in [0.5, 0.6) is 0 Å². The molecule has 7 heteroatoms. The number of rotatable bonds is 14. The first-order valence-electron chi connectivity index (χ1n) is 8.24. The minimum atomic E-state index is -3.71. The largest absolute Gasteiger partial charge is 0.379 e. The van der Waals surface area contributed by atoms with Crippen LogP contribution < -0.4 is 0 Å². The van der Waals surface area contributed by atoms with Gasteiger partial charge in [-0.2, -0.15) is 8.42 Å². The Morgan fingerprint density at radius 1 is 0.875 bits per heavy atom. The summed E-state index contributed by atoms with van der Waals surface area (Å²) in [7, 11) is -3.71. The summed E-state index contributed by atoms with van der Waals surface area (Å²) in [6.45, 7) is 7.14. The Morgan fingerprint density at radius 2 is 1.42 bits per heavy atom. The summed E-state index contributed by atoms with van der Waals surface area (Å²) in [5.41, 5.74) is 0. The molecule has 0 amide bonds. The maximum atomic E-state index is 11.8. The Balaban J connectivity index is 1.96. The molecule has 1 unspecified atom stereocenters. The third-order valence-corrected chi connectivity index (χ3v) is 4.67. The van der Waals surface area contributed by atoms with Crippen molar-refractivity contribution in [3.05, 3.63) is 30.3 Å². The van der Waals surface area contributed by atoms with Crippen LogP contribution in [-0.2, 0) is 28.5 Å². The van der Waals surface area contributed by atoms with Gasteiger partial charge in [0.2, 0.25) is 0 Å². The summed E-state index contributed by atoms with van der Waals surface area (Å²) in [4.78, 5) is 0.144. The molecule has 0 aliphatic rings. The van der Waals surface area contributed by atoms with E-state index in [-0.39, 0.29) is 18.1 Å². The van der Waals surface area contributed by atoms with Gasteiger partial charge in [-0.05, 0) is 18.1 Å². The third-order valence-electron chi connectivity index (χ3n) is 3.34. The van der Waals surface area contributed by atoms with E-state index in [4.69, 9.17) is 18.4 Å². The van der Waals surface area contributed by atoms with Crippen LogP contribution in [0.3, 0.4) is 0 Å². The van der Waals surface area contributed by atoms with Crippen molar-refractivity contribution in [2.45, 2.75) is 25.2 Å². The van der Waals surface area contributed by atoms with Gasteiger partial charge in [-0.1, -0.05) is 38.5 Å². The number of benzene rings is 1. The predicted molar refractivity (Wildman–Crippen MR) is 91.5 cm³/mol. The molecule has 1 aromatic carbocycles. The lowest BCUT2D eigenvalue weighted by molar-refractivity contribution is 0.00427. The van der Waals surface area contributed by atoms with Crippen LogP contribution in [-0.4, -0.2) is 54.7 Å². The Bertz CT molecular complexity index is 517. The van der Waals surface area contributed by atoms with E-state index in [0.29, 0.717) is 32.3 Å². The molecule has 0 saturated carbocycles. The van der Waals surface area contributed by atoms with Crippen molar-refractivity contribution in [2.24, 2.45) is 5.92 Å². The lowest BCUT2D eigenvalue weighted by Crippen LogP contribution is -2.15. The Hall–Kier alpha value is -0.990. The second-order valence-corrected chi connectivity index (χ2v) is 7.02. The topological polar surface area (TPSA) is 71.1 Å². The Labute approximate surface area is 145 Å². The first-order chi connectivity index (χ1) is 11.6. The summed E-state index contributed by atoms with van der Waals surface area (Å²) < 4.78 is 44.6. The molecule has 24 heavy (non-hydrogen) atoms. The summed E-state index contributed by atoms with van der Waals surface area (Å²) >= 11 is 0. The third kappa shape index (κ3) is 9.34. The maximum absolute atomic E-state index is 11.8. The van der Waals surface area contributed by atoms with E-state index >= 15 is 0 Å². The molecule has 0 bridgehead atoms. The lowest BCUT2D eigenvalue weighted by Gasteiger charge is -2.10. The molecular weight excluding hydrogens is 332 g/mol. The number of ether oxygens (including phenoxy) is 3. The van der Waals surface area contributed by atoms with Gasteiger partial charge in [0.05, 0.1) is 44.5 Å². The molecule has 0 heterocycles. The zero-order chi connectivity index (χ0) is 17.7. The summed E-state index contributed by atoms with van der Waals surface area (Å²) in [5.74, 6) is 0.570. The second-order valence-electron chi connectivity index (χ2n) is 5.40. The van der Waals surface area contributed by atoms with Gasteiger partial charge in [0, 0.05) is 6.61 Å². The smallest absolute Gasteiger partial charge is 0.297 e. The van der Waals surface area contributed by atoms with Gasteiger partial charge in [0.25, 0.3) is 10.1 Å². The van der Waals surface area contributed by atoms with Crippen LogP contribution >= 0.6 is 0 Å². The minimum Gasteiger partial charge on any atom is -0.379 e. The standard InChI is InChI=1S/C17H28O6S/c1-3-16(2)15-22-12-11-20-9-10-21-13-14-23-24(18,19)17-7-5-4-6-8-17/h4-8,16H,3,9-15H2,1-2H3. The SMILES string of the molecule is CCC(C)COCCOCCOCCOS(=O)(=O)c1ccccc1. The molecule has 0 aromatic heterocycles. The highest BCUT2D eigenvalue weighted by Crippen LogP contribution is 2.10. The first kappa shape index (κ1) is 21.1. The van der Waals surface area contributed by atoms with Gasteiger partial charge < -0.3 is 14.2 Å². The highest BCUT2D eigenvalue weighted by atomic mass is 32.2. The average molecular weight is 360 g/mol. The Morgan fingerprint density at radius 3 is 2.00 bits per heavy atom. The fraction of sp³-hybridized carbons (Fsp3) is 0.647. The second kappa shape index (κ2) is 12.4. The number of hydrogen-bond acceptors (Lipinski definition) is 6. The normalized spacial score (nSPS) is 13.1. The summed E-state index contributed by atoms with van der Waals surface area (Å²) in [5, 5.41) is 0. The molecule has 0 aliphatic carbocycles. The minimum absolute atomic E-state index is 0.0186. The quantitative estimate of drug-likeness (QED) is 0.375. The molecule has 1 atom stereocenters. The van der Waals surface area contributed by atoms with Crippen LogP contribution in [0.15, 0.2) is 35.2 Å². The molecule has 0 aliphatic heterocycles. The zero-order valence-corrected chi connectivity index (χ0v) is 15.3. The fourth-order valence-electron chi connectivity index (χ4n) is 1.70. The van der Waals surface area contributed by atoms with Crippen molar-refractivity contribution in [1.29, 1.82) is 0 Å². The summed E-state index contributed by atoms with van der Waals surface area (Å²) in [6, 6.07) is 8.03. The van der Waals surface area contributed by atoms with Crippen LogP contribution in [0.1, 0.15) is 20.3 Å². The van der Waals surface area contributed by atoms with E-state index < -0.39 is 10.1 Å². The molecule has 0 radical (unpaired) electrons. The molecule has 1 rings (SSSR count). The van der Waals surface area contributed by atoms with Crippen molar-refractivity contribution < 1.29 is 26.8 Å². The van der Waals surface area contributed by atoms with E-state index in [1.165, 1.54) is 12.1 Å². The average Bonchev–Trinajstić information content (AvgIpc) is 2.60. The highest BCUT2D eigenvalue weighted by molar-refractivity contribution is 7.86. The molecule has 6 nitrogen and oxygen atoms in total. The van der Waals surface area contributed by atoms with E-state index in [1.807, 2.05) is 0 Å². The van der Waals surface area contributed by atoms with Crippen molar-refractivity contribution in [2.75, 3.05) is 46.2 Å². The number of hydrogen-bond donors (Lipinski definition) is 0. The van der Waals surface area contributed by atoms with Crippen molar-refractivity contribution >= 4 is 10.1 Å². The van der Waals surface area contributed by atoms with Gasteiger partial charge >= 0.3 is 0 Å². The van der Waals surface area contributed by atoms with Crippen LogP contribution in [0, 0.1) is 5.92 Å². The van der Waals surface area contributed by atoms with Crippen molar-refractivity contribution in [1.82, 2.24) is 0 Å². The van der Waals surface area contributed by atoms with Gasteiger partial charge in [-0.25, -0.2) is 0 Å². The molecule has 0 spiro atoms. The lowest BCUT2D eigenvalue weighted by atomic mass is 10.1. The van der Waals surface area contributed by atoms with Crippen LogP contribution in [0.4, 0.5) is 0 Å². The Kier molecular flexibility index (Phi) is 10.9. The van der Waals surface area contributed by atoms with Crippen LogP contribution in [0.25, 0.3) is 0 Å². The molecular formula is C17H28O6S. The van der Waals surface area contributed by atoms with Crippen molar-refractivity contribution in [3.8, 4) is 0 Å². The first-order valence-corrected chi connectivity index (χ1v) is 9.64. The molecule has 138 valence electrons. The van der Waals surface area contributed by atoms with Gasteiger partial charge in [0.1, 0.15) is 0 Å². The monoisotopic (exact) mass is 360 g/mol. The van der Waals surface area contributed by atoms with Gasteiger partial charge in [0.15, 0.2) is 0 Å². The maximum Gasteiger partial charge on any atom is 0.297 e. The zero-order valence-electron chi connectivity index (χ0n) is 14.5. The van der Waals surface area contributed by atoms with E-state index in [9.17, 15) is 8.42 Å². The van der Waals surface area contributed by atoms with Gasteiger partial charge in [-0.15, -0.1) is 0 Å². The summed E-state index contributed by atoms with van der Waals surface area (Å²) in [6.07, 6.45) is 1.11.